The van der Waals surface area contributed by atoms with Crippen LogP contribution >= 0.6 is 0 Å². The van der Waals surface area contributed by atoms with Gasteiger partial charge in [-0.2, -0.15) is 0 Å². The largest absolute Gasteiger partial charge is 0.507 e. The molecule has 7 heteroatoms. The summed E-state index contributed by atoms with van der Waals surface area (Å²) in [5.74, 6) is -1.53. The number of methoxy groups -OCH3 is 2. The average Bonchev–Trinajstić information content (AvgIpc) is 3.14. The van der Waals surface area contributed by atoms with E-state index in [4.69, 9.17) is 9.47 Å². The number of esters is 1. The lowest BCUT2D eigenvalue weighted by molar-refractivity contribution is -0.139. The summed E-state index contributed by atoms with van der Waals surface area (Å²) in [5, 5.41) is 11.2. The summed E-state index contributed by atoms with van der Waals surface area (Å²) in [6.07, 6.45) is 0.0882. The van der Waals surface area contributed by atoms with E-state index >= 15 is 0 Å². The fraction of sp³-hybridized carbons (Fsp3) is 0.179. The first-order chi connectivity index (χ1) is 16.8. The van der Waals surface area contributed by atoms with Gasteiger partial charge in [-0.15, -0.1) is 0 Å². The van der Waals surface area contributed by atoms with Crippen LogP contribution in [-0.4, -0.2) is 37.0 Å². The monoisotopic (exact) mass is 471 g/mol. The van der Waals surface area contributed by atoms with Gasteiger partial charge in [0.15, 0.2) is 0 Å². The van der Waals surface area contributed by atoms with Crippen LogP contribution in [0.1, 0.15) is 28.3 Å². The molecule has 1 heterocycles. The molecule has 0 bridgehead atoms. The Hall–Kier alpha value is -4.39. The Balaban J connectivity index is 1.84. The van der Waals surface area contributed by atoms with Crippen LogP contribution in [-0.2, 0) is 25.5 Å². The molecule has 7 nitrogen and oxygen atoms in total. The van der Waals surface area contributed by atoms with E-state index in [0.717, 1.165) is 5.56 Å². The highest BCUT2D eigenvalue weighted by atomic mass is 16.5. The first kappa shape index (κ1) is 23.8. The number of rotatable bonds is 6. The van der Waals surface area contributed by atoms with E-state index in [2.05, 4.69) is 0 Å². The number of hydrogen-bond donors (Lipinski definition) is 1. The van der Waals surface area contributed by atoms with Gasteiger partial charge in [0.25, 0.3) is 11.7 Å². The number of benzene rings is 3. The van der Waals surface area contributed by atoms with Gasteiger partial charge < -0.3 is 14.6 Å². The molecule has 1 fully saturated rings. The van der Waals surface area contributed by atoms with Gasteiger partial charge in [0.2, 0.25) is 0 Å². The van der Waals surface area contributed by atoms with E-state index in [1.165, 1.54) is 12.0 Å². The molecule has 4 rings (SSSR count). The molecule has 3 aromatic rings. The van der Waals surface area contributed by atoms with Crippen LogP contribution in [0, 0.1) is 6.92 Å². The standard InChI is InChI=1S/C28H25NO6/c1-17-4-8-20(9-5-17)26(31)24-25(19-10-14-22(34-2)15-11-19)29(28(33)27(24)32)21-12-6-18(7-13-21)16-23(30)35-3/h4-15,25,31H,16H2,1-3H3/b26-24+. The number of carbonyl (C=O) groups excluding carboxylic acids is 3. The maximum absolute atomic E-state index is 13.3. The zero-order chi connectivity index (χ0) is 25.1. The molecule has 178 valence electrons. The maximum atomic E-state index is 13.3. The van der Waals surface area contributed by atoms with Crippen molar-refractivity contribution in [2.24, 2.45) is 0 Å². The zero-order valence-corrected chi connectivity index (χ0v) is 19.6. The van der Waals surface area contributed by atoms with Crippen molar-refractivity contribution >= 4 is 29.1 Å². The van der Waals surface area contributed by atoms with Gasteiger partial charge in [-0.3, -0.25) is 19.3 Å². The topological polar surface area (TPSA) is 93.1 Å². The third-order valence-electron chi connectivity index (χ3n) is 5.99. The number of ketones is 1. The van der Waals surface area contributed by atoms with Crippen LogP contribution in [0.15, 0.2) is 78.4 Å². The van der Waals surface area contributed by atoms with E-state index in [0.29, 0.717) is 28.1 Å². The van der Waals surface area contributed by atoms with Crippen molar-refractivity contribution in [2.45, 2.75) is 19.4 Å². The van der Waals surface area contributed by atoms with Crippen LogP contribution in [0.25, 0.3) is 5.76 Å². The third kappa shape index (κ3) is 4.66. The lowest BCUT2D eigenvalue weighted by Crippen LogP contribution is -2.29. The van der Waals surface area contributed by atoms with Crippen molar-refractivity contribution in [3.05, 3.63) is 101 Å². The normalized spacial score (nSPS) is 16.9. The van der Waals surface area contributed by atoms with Crippen LogP contribution in [0.3, 0.4) is 0 Å². The second-order valence-corrected chi connectivity index (χ2v) is 8.23. The fourth-order valence-electron chi connectivity index (χ4n) is 4.08. The summed E-state index contributed by atoms with van der Waals surface area (Å²) >= 11 is 0. The van der Waals surface area contributed by atoms with Gasteiger partial charge >= 0.3 is 5.97 Å². The van der Waals surface area contributed by atoms with Gasteiger partial charge in [0, 0.05) is 11.3 Å². The molecular weight excluding hydrogens is 446 g/mol. The van der Waals surface area contributed by atoms with Crippen molar-refractivity contribution in [2.75, 3.05) is 19.1 Å². The highest BCUT2D eigenvalue weighted by Crippen LogP contribution is 2.42. The molecule has 1 saturated heterocycles. The number of anilines is 1. The molecule has 1 aliphatic rings. The predicted octanol–water partition coefficient (Wildman–Crippen LogP) is 4.35. The summed E-state index contributed by atoms with van der Waals surface area (Å²) in [5.41, 5.74) is 3.25. The Labute approximate surface area is 203 Å². The Morgan fingerprint density at radius 1 is 0.914 bits per heavy atom. The van der Waals surface area contributed by atoms with Crippen molar-refractivity contribution in [1.82, 2.24) is 0 Å². The number of carbonyl (C=O) groups is 3. The summed E-state index contributed by atoms with van der Waals surface area (Å²) in [6, 6.07) is 20.0. The van der Waals surface area contributed by atoms with E-state index in [9.17, 15) is 19.5 Å². The number of Topliss-reactive ketones (excluding diaryl/α,β-unsaturated/α-hetero) is 1. The van der Waals surface area contributed by atoms with Crippen molar-refractivity contribution < 1.29 is 29.0 Å². The van der Waals surface area contributed by atoms with Gasteiger partial charge in [0.1, 0.15) is 11.5 Å². The fourth-order valence-corrected chi connectivity index (χ4v) is 4.08. The minimum atomic E-state index is -0.853. The molecule has 0 radical (unpaired) electrons. The lowest BCUT2D eigenvalue weighted by atomic mass is 9.94. The predicted molar refractivity (Wildman–Crippen MR) is 131 cm³/mol. The second-order valence-electron chi connectivity index (χ2n) is 8.23. The molecule has 1 aliphatic heterocycles. The van der Waals surface area contributed by atoms with Crippen molar-refractivity contribution in [1.29, 1.82) is 0 Å². The molecule has 0 aromatic heterocycles. The summed E-state index contributed by atoms with van der Waals surface area (Å²) in [6.45, 7) is 1.92. The summed E-state index contributed by atoms with van der Waals surface area (Å²) in [7, 11) is 2.87. The van der Waals surface area contributed by atoms with Gasteiger partial charge in [0.05, 0.1) is 32.3 Å². The average molecular weight is 472 g/mol. The van der Waals surface area contributed by atoms with E-state index < -0.39 is 17.7 Å². The van der Waals surface area contributed by atoms with Crippen LogP contribution in [0.2, 0.25) is 0 Å². The molecule has 1 amide bonds. The maximum Gasteiger partial charge on any atom is 0.309 e. The minimum absolute atomic E-state index is 0.00246. The van der Waals surface area contributed by atoms with Gasteiger partial charge in [-0.25, -0.2) is 0 Å². The molecule has 0 spiro atoms. The molecule has 0 saturated carbocycles. The summed E-state index contributed by atoms with van der Waals surface area (Å²) < 4.78 is 9.95. The molecular formula is C28H25NO6. The van der Waals surface area contributed by atoms with Gasteiger partial charge in [-0.05, 0) is 42.3 Å². The third-order valence-corrected chi connectivity index (χ3v) is 5.99. The highest BCUT2D eigenvalue weighted by Gasteiger charge is 2.47. The van der Waals surface area contributed by atoms with Crippen LogP contribution < -0.4 is 9.64 Å². The smallest absolute Gasteiger partial charge is 0.309 e. The Morgan fingerprint density at radius 3 is 2.11 bits per heavy atom. The van der Waals surface area contributed by atoms with Gasteiger partial charge in [-0.1, -0.05) is 54.1 Å². The van der Waals surface area contributed by atoms with Crippen molar-refractivity contribution in [3.8, 4) is 5.75 Å². The number of ether oxygens (including phenoxy) is 2. The molecule has 0 aliphatic carbocycles. The first-order valence-corrected chi connectivity index (χ1v) is 11.0. The Kier molecular flexibility index (Phi) is 6.68. The second kappa shape index (κ2) is 9.85. The van der Waals surface area contributed by atoms with Crippen molar-refractivity contribution in [3.63, 3.8) is 0 Å². The molecule has 3 aromatic carbocycles. The summed E-state index contributed by atoms with van der Waals surface area (Å²) in [4.78, 5) is 39.5. The number of amides is 1. The number of aryl methyl sites for hydroxylation is 1. The van der Waals surface area contributed by atoms with Crippen LogP contribution in [0.4, 0.5) is 5.69 Å². The highest BCUT2D eigenvalue weighted by molar-refractivity contribution is 6.51. The molecule has 35 heavy (non-hydrogen) atoms. The van der Waals surface area contributed by atoms with Crippen LogP contribution in [0.5, 0.6) is 5.75 Å². The first-order valence-electron chi connectivity index (χ1n) is 11.0. The van der Waals surface area contributed by atoms with E-state index in [1.807, 2.05) is 19.1 Å². The number of hydrogen-bond acceptors (Lipinski definition) is 6. The Morgan fingerprint density at radius 2 is 1.54 bits per heavy atom. The van der Waals surface area contributed by atoms with E-state index in [-0.39, 0.29) is 23.7 Å². The number of nitrogens with zero attached hydrogens (tertiary/aromatic N) is 1. The van der Waals surface area contributed by atoms with E-state index in [1.54, 1.807) is 67.8 Å². The zero-order valence-electron chi connectivity index (χ0n) is 19.6. The number of aliphatic hydroxyl groups excluding tert-OH is 1. The quantitative estimate of drug-likeness (QED) is 0.249. The Bertz CT molecular complexity index is 1290. The molecule has 1 atom stereocenters. The number of aliphatic hydroxyl groups is 1. The minimum Gasteiger partial charge on any atom is -0.507 e. The molecule has 1 unspecified atom stereocenters. The molecule has 1 N–H and O–H groups in total. The SMILES string of the molecule is COC(=O)Cc1ccc(N2C(=O)C(=O)/C(=C(/O)c3ccc(C)cc3)C2c2ccc(OC)cc2)cc1. The lowest BCUT2D eigenvalue weighted by Gasteiger charge is -2.25.